The predicted octanol–water partition coefficient (Wildman–Crippen LogP) is 4.10. The number of halogens is 1. The number of ether oxygens (including phenoxy) is 2. The third-order valence-corrected chi connectivity index (χ3v) is 4.91. The predicted molar refractivity (Wildman–Crippen MR) is 119 cm³/mol. The van der Waals surface area contributed by atoms with E-state index in [1.807, 2.05) is 26.0 Å². The quantitative estimate of drug-likeness (QED) is 0.399. The highest BCUT2D eigenvalue weighted by Crippen LogP contribution is 2.20. The highest BCUT2D eigenvalue weighted by atomic mass is 79.9. The van der Waals surface area contributed by atoms with Gasteiger partial charge < -0.3 is 9.47 Å². The summed E-state index contributed by atoms with van der Waals surface area (Å²) < 4.78 is 12.5. The normalized spacial score (nSPS) is 12.5. The summed E-state index contributed by atoms with van der Waals surface area (Å²) in [6.45, 7) is 5.51. The Balaban J connectivity index is 2.06. The molecule has 0 saturated heterocycles. The van der Waals surface area contributed by atoms with E-state index in [9.17, 15) is 9.59 Å². The topological polar surface area (TPSA) is 82.8 Å². The average Bonchev–Trinajstić information content (AvgIpc) is 2.73. The average molecular weight is 472 g/mol. The standard InChI is InChI=1S/C22H22BrN3O4/c1-13(2)20-25-18-10-9-16(23)11-17(18)21(27)26(20)24-12-15-7-5-6-8-19(15)30-14(3)22(28)29-4/h5-14H,1-4H3/t14-/m1/s1. The molecule has 0 saturated carbocycles. The number of para-hydroxylation sites is 1. The Bertz CT molecular complexity index is 1170. The van der Waals surface area contributed by atoms with Crippen LogP contribution in [0.1, 0.15) is 38.1 Å². The van der Waals surface area contributed by atoms with E-state index in [1.165, 1.54) is 18.0 Å². The molecule has 3 rings (SSSR count). The first-order chi connectivity index (χ1) is 14.3. The maximum Gasteiger partial charge on any atom is 0.346 e. The van der Waals surface area contributed by atoms with E-state index in [0.29, 0.717) is 28.0 Å². The molecular formula is C22H22BrN3O4. The van der Waals surface area contributed by atoms with E-state index < -0.39 is 12.1 Å². The van der Waals surface area contributed by atoms with Crippen molar-refractivity contribution >= 4 is 39.0 Å². The molecule has 0 amide bonds. The van der Waals surface area contributed by atoms with Gasteiger partial charge in [-0.25, -0.2) is 9.78 Å². The van der Waals surface area contributed by atoms with Gasteiger partial charge in [0, 0.05) is 16.0 Å². The van der Waals surface area contributed by atoms with Gasteiger partial charge >= 0.3 is 5.97 Å². The van der Waals surface area contributed by atoms with Crippen molar-refractivity contribution < 1.29 is 14.3 Å². The van der Waals surface area contributed by atoms with Crippen LogP contribution in [0, 0.1) is 0 Å². The molecule has 0 aliphatic heterocycles. The van der Waals surface area contributed by atoms with Crippen LogP contribution >= 0.6 is 15.9 Å². The molecule has 0 bridgehead atoms. The monoisotopic (exact) mass is 471 g/mol. The molecule has 156 valence electrons. The number of methoxy groups -OCH3 is 1. The van der Waals surface area contributed by atoms with Crippen LogP contribution in [0.3, 0.4) is 0 Å². The first-order valence-electron chi connectivity index (χ1n) is 9.42. The van der Waals surface area contributed by atoms with Gasteiger partial charge in [-0.2, -0.15) is 9.78 Å². The van der Waals surface area contributed by atoms with Gasteiger partial charge in [-0.1, -0.05) is 41.9 Å². The minimum Gasteiger partial charge on any atom is -0.478 e. The van der Waals surface area contributed by atoms with Crippen molar-refractivity contribution in [3.8, 4) is 5.75 Å². The second kappa shape index (κ2) is 9.21. The molecule has 1 aromatic heterocycles. The van der Waals surface area contributed by atoms with E-state index in [-0.39, 0.29) is 11.5 Å². The molecule has 0 radical (unpaired) electrons. The molecule has 3 aromatic rings. The highest BCUT2D eigenvalue weighted by molar-refractivity contribution is 9.10. The summed E-state index contributed by atoms with van der Waals surface area (Å²) in [5.74, 6) is 0.500. The number of aromatic nitrogens is 2. The lowest BCUT2D eigenvalue weighted by Gasteiger charge is -2.14. The molecule has 0 spiro atoms. The molecule has 2 aromatic carbocycles. The van der Waals surface area contributed by atoms with E-state index >= 15 is 0 Å². The first kappa shape index (κ1) is 21.7. The lowest BCUT2D eigenvalue weighted by molar-refractivity contribution is -0.147. The molecular weight excluding hydrogens is 450 g/mol. The van der Waals surface area contributed by atoms with E-state index in [2.05, 4.69) is 26.0 Å². The maximum absolute atomic E-state index is 13.1. The minimum atomic E-state index is -0.779. The van der Waals surface area contributed by atoms with Gasteiger partial charge in [0.15, 0.2) is 6.10 Å². The lowest BCUT2D eigenvalue weighted by Crippen LogP contribution is -2.25. The number of nitrogens with zero attached hydrogens (tertiary/aromatic N) is 3. The van der Waals surface area contributed by atoms with Crippen LogP contribution in [-0.4, -0.2) is 35.1 Å². The van der Waals surface area contributed by atoms with Crippen molar-refractivity contribution in [2.45, 2.75) is 32.8 Å². The fraction of sp³-hybridized carbons (Fsp3) is 0.273. The van der Waals surface area contributed by atoms with Crippen molar-refractivity contribution in [3.05, 3.63) is 68.7 Å². The smallest absolute Gasteiger partial charge is 0.346 e. The molecule has 0 fully saturated rings. The van der Waals surface area contributed by atoms with Crippen LogP contribution in [0.25, 0.3) is 10.9 Å². The Morgan fingerprint density at radius 2 is 1.93 bits per heavy atom. The summed E-state index contributed by atoms with van der Waals surface area (Å²) in [5.41, 5.74) is 0.973. The van der Waals surface area contributed by atoms with E-state index in [1.54, 1.807) is 37.3 Å². The van der Waals surface area contributed by atoms with Gasteiger partial charge in [-0.05, 0) is 37.3 Å². The minimum absolute atomic E-state index is 0.0197. The second-order valence-electron chi connectivity index (χ2n) is 6.97. The number of rotatable bonds is 6. The zero-order valence-electron chi connectivity index (χ0n) is 17.1. The molecule has 0 unspecified atom stereocenters. The molecule has 0 aliphatic rings. The number of carbonyl (C=O) groups is 1. The number of hydrogen-bond donors (Lipinski definition) is 0. The highest BCUT2D eigenvalue weighted by Gasteiger charge is 2.17. The van der Waals surface area contributed by atoms with E-state index in [0.717, 1.165) is 4.47 Å². The van der Waals surface area contributed by atoms with Crippen LogP contribution < -0.4 is 10.3 Å². The van der Waals surface area contributed by atoms with Crippen LogP contribution in [0.5, 0.6) is 5.75 Å². The van der Waals surface area contributed by atoms with Gasteiger partial charge in [0.05, 0.1) is 24.2 Å². The first-order valence-corrected chi connectivity index (χ1v) is 10.2. The Hall–Kier alpha value is -3.00. The Morgan fingerprint density at radius 3 is 2.63 bits per heavy atom. The Labute approximate surface area is 182 Å². The van der Waals surface area contributed by atoms with Crippen LogP contribution in [-0.2, 0) is 9.53 Å². The van der Waals surface area contributed by atoms with Gasteiger partial charge in [0.25, 0.3) is 5.56 Å². The number of carbonyl (C=O) groups excluding carboxylic acids is 1. The summed E-state index contributed by atoms with van der Waals surface area (Å²) >= 11 is 3.40. The zero-order valence-corrected chi connectivity index (χ0v) is 18.7. The van der Waals surface area contributed by atoms with Crippen molar-refractivity contribution in [2.24, 2.45) is 5.10 Å². The van der Waals surface area contributed by atoms with Gasteiger partial charge in [0.1, 0.15) is 11.6 Å². The Morgan fingerprint density at radius 1 is 1.20 bits per heavy atom. The summed E-state index contributed by atoms with van der Waals surface area (Å²) in [5, 5.41) is 4.88. The van der Waals surface area contributed by atoms with Crippen LogP contribution in [0.4, 0.5) is 0 Å². The molecule has 0 aliphatic carbocycles. The summed E-state index contributed by atoms with van der Waals surface area (Å²) in [7, 11) is 1.31. The van der Waals surface area contributed by atoms with Gasteiger partial charge in [-0.3, -0.25) is 4.79 Å². The molecule has 8 heteroatoms. The fourth-order valence-electron chi connectivity index (χ4n) is 2.87. The third kappa shape index (κ3) is 4.59. The number of fused-ring (bicyclic) bond motifs is 1. The summed E-state index contributed by atoms with van der Waals surface area (Å²) in [4.78, 5) is 29.4. The molecule has 1 heterocycles. The second-order valence-corrected chi connectivity index (χ2v) is 7.88. The lowest BCUT2D eigenvalue weighted by atomic mass is 10.2. The van der Waals surface area contributed by atoms with Crippen LogP contribution in [0.15, 0.2) is 56.8 Å². The van der Waals surface area contributed by atoms with Crippen molar-refractivity contribution in [1.29, 1.82) is 0 Å². The number of hydrogen-bond acceptors (Lipinski definition) is 6. The van der Waals surface area contributed by atoms with Gasteiger partial charge in [-0.15, -0.1) is 0 Å². The fourth-order valence-corrected chi connectivity index (χ4v) is 3.23. The van der Waals surface area contributed by atoms with E-state index in [4.69, 9.17) is 9.47 Å². The molecule has 0 N–H and O–H groups in total. The molecule has 30 heavy (non-hydrogen) atoms. The SMILES string of the molecule is COC(=O)[C@@H](C)Oc1ccccc1C=Nn1c(C(C)C)nc2ccc(Br)cc2c1=O. The molecule has 7 nitrogen and oxygen atoms in total. The van der Waals surface area contributed by atoms with Crippen molar-refractivity contribution in [3.63, 3.8) is 0 Å². The van der Waals surface area contributed by atoms with Crippen molar-refractivity contribution in [2.75, 3.05) is 7.11 Å². The Kier molecular flexibility index (Phi) is 6.66. The summed E-state index contributed by atoms with van der Waals surface area (Å²) in [6, 6.07) is 12.5. The summed E-state index contributed by atoms with van der Waals surface area (Å²) in [6.07, 6.45) is 0.746. The molecule has 1 atom stereocenters. The van der Waals surface area contributed by atoms with Crippen LogP contribution in [0.2, 0.25) is 0 Å². The van der Waals surface area contributed by atoms with Gasteiger partial charge in [0.2, 0.25) is 0 Å². The maximum atomic E-state index is 13.1. The third-order valence-electron chi connectivity index (χ3n) is 4.42. The zero-order chi connectivity index (χ0) is 21.8. The number of benzene rings is 2. The largest absolute Gasteiger partial charge is 0.478 e. The number of esters is 1. The van der Waals surface area contributed by atoms with Crippen molar-refractivity contribution in [1.82, 2.24) is 9.66 Å².